The number of benzene rings is 2. The molecule has 3 unspecified atom stereocenters. The minimum atomic E-state index is -0.766. The monoisotopic (exact) mass is 785 g/mol. The van der Waals surface area contributed by atoms with Crippen LogP contribution in [-0.2, 0) is 9.47 Å². The number of carbonyl (C=O) groups is 2. The molecule has 2 bridgehead atoms. The summed E-state index contributed by atoms with van der Waals surface area (Å²) in [5.41, 5.74) is -1.37. The Morgan fingerprint density at radius 1 is 1.02 bits per heavy atom. The van der Waals surface area contributed by atoms with Gasteiger partial charge in [0.2, 0.25) is 0 Å². The maximum Gasteiger partial charge on any atom is 0.413 e. The molecule has 5 heterocycles. The number of likely N-dealkylation sites (tertiary alicyclic amines) is 2. The number of nitrogens with zero attached hydrogens (tertiary/aromatic N) is 6. The van der Waals surface area contributed by atoms with Gasteiger partial charge in [0, 0.05) is 41.7 Å². The van der Waals surface area contributed by atoms with Crippen LogP contribution in [0.25, 0.3) is 32.2 Å². The third-order valence-corrected chi connectivity index (χ3v) is 11.5. The summed E-state index contributed by atoms with van der Waals surface area (Å²) >= 11 is 7.87. The Bertz CT molecular complexity index is 2130. The average Bonchev–Trinajstić information content (AvgIpc) is 3.71. The second-order valence-corrected chi connectivity index (χ2v) is 18.1. The van der Waals surface area contributed by atoms with E-state index in [1.54, 1.807) is 31.7 Å². The van der Waals surface area contributed by atoms with Crippen LogP contribution in [0.5, 0.6) is 6.01 Å². The zero-order valence-electron chi connectivity index (χ0n) is 31.8. The van der Waals surface area contributed by atoms with Crippen LogP contribution in [-0.4, -0.2) is 99.1 Å². The van der Waals surface area contributed by atoms with E-state index in [2.05, 4.69) is 39.1 Å². The number of carbonyl (C=O) groups excluding carboxylic acids is 2. The number of thiazole rings is 1. The number of fused-ring (bicyclic) bond motifs is 4. The minimum Gasteiger partial charge on any atom is -0.461 e. The minimum absolute atomic E-state index is 0.0157. The summed E-state index contributed by atoms with van der Waals surface area (Å²) in [6.45, 7) is 14.8. The van der Waals surface area contributed by atoms with Crippen molar-refractivity contribution < 1.29 is 32.6 Å². The van der Waals surface area contributed by atoms with E-state index in [1.807, 2.05) is 20.8 Å². The second kappa shape index (κ2) is 13.9. The Balaban J connectivity index is 1.32. The van der Waals surface area contributed by atoms with Gasteiger partial charge in [0.1, 0.15) is 35.0 Å². The van der Waals surface area contributed by atoms with Gasteiger partial charge in [-0.3, -0.25) is 10.2 Å². The van der Waals surface area contributed by atoms with Crippen LogP contribution in [0.4, 0.5) is 29.3 Å². The number of piperazine rings is 1. The zero-order chi connectivity index (χ0) is 38.9. The molecule has 2 aromatic heterocycles. The van der Waals surface area contributed by atoms with Gasteiger partial charge >= 0.3 is 18.2 Å². The van der Waals surface area contributed by atoms with E-state index < -0.39 is 28.9 Å². The Labute approximate surface area is 322 Å². The Hall–Kier alpha value is -4.08. The van der Waals surface area contributed by atoms with Crippen molar-refractivity contribution in [1.82, 2.24) is 24.8 Å². The quantitative estimate of drug-likeness (QED) is 0.203. The second-order valence-electron chi connectivity index (χ2n) is 16.7. The van der Waals surface area contributed by atoms with E-state index in [9.17, 15) is 9.59 Å². The molecule has 0 spiro atoms. The number of aromatic nitrogens is 3. The zero-order valence-corrected chi connectivity index (χ0v) is 33.4. The topological polar surface area (TPSA) is 122 Å². The number of anilines is 2. The van der Waals surface area contributed by atoms with Crippen molar-refractivity contribution in [3.8, 4) is 17.1 Å². The van der Waals surface area contributed by atoms with Gasteiger partial charge in [-0.25, -0.2) is 23.4 Å². The molecule has 0 radical (unpaired) electrons. The highest BCUT2D eigenvalue weighted by molar-refractivity contribution is 7.22. The summed E-state index contributed by atoms with van der Waals surface area (Å²) in [6, 6.07) is 4.03. The number of ether oxygens (including phenoxy) is 3. The molecular formula is C38H46ClF2N7O5S. The van der Waals surface area contributed by atoms with Crippen LogP contribution in [0, 0.1) is 11.6 Å². The van der Waals surface area contributed by atoms with Crippen molar-refractivity contribution >= 4 is 67.2 Å². The van der Waals surface area contributed by atoms with E-state index in [-0.39, 0.29) is 66.7 Å². The molecule has 16 heteroatoms. The largest absolute Gasteiger partial charge is 0.461 e. The van der Waals surface area contributed by atoms with Gasteiger partial charge in [-0.1, -0.05) is 22.9 Å². The molecule has 3 saturated heterocycles. The van der Waals surface area contributed by atoms with Crippen molar-refractivity contribution in [3.63, 3.8) is 0 Å². The molecule has 3 aliphatic heterocycles. The molecular weight excluding hydrogens is 740 g/mol. The van der Waals surface area contributed by atoms with Crippen molar-refractivity contribution in [1.29, 1.82) is 0 Å². The summed E-state index contributed by atoms with van der Waals surface area (Å²) in [5.74, 6) is -0.879. The first-order valence-electron chi connectivity index (χ1n) is 18.2. The Morgan fingerprint density at radius 2 is 1.70 bits per heavy atom. The lowest BCUT2D eigenvalue weighted by Gasteiger charge is -2.42. The van der Waals surface area contributed by atoms with Gasteiger partial charge in [-0.15, -0.1) is 0 Å². The normalized spacial score (nSPS) is 22.0. The molecule has 0 saturated carbocycles. The van der Waals surface area contributed by atoms with Crippen LogP contribution < -0.4 is 15.0 Å². The fourth-order valence-corrected chi connectivity index (χ4v) is 8.75. The van der Waals surface area contributed by atoms with E-state index in [1.165, 1.54) is 12.1 Å². The fraction of sp³-hybridized carbons (Fsp3) is 0.553. The van der Waals surface area contributed by atoms with Crippen molar-refractivity contribution in [2.24, 2.45) is 0 Å². The van der Waals surface area contributed by atoms with Crippen molar-refractivity contribution in [2.75, 3.05) is 43.5 Å². The van der Waals surface area contributed by atoms with Crippen LogP contribution in [0.15, 0.2) is 18.2 Å². The van der Waals surface area contributed by atoms with Gasteiger partial charge in [0.05, 0.1) is 20.8 Å². The molecule has 1 N–H and O–H groups in total. The summed E-state index contributed by atoms with van der Waals surface area (Å²) < 4.78 is 49.9. The number of rotatable bonds is 6. The maximum atomic E-state index is 17.3. The summed E-state index contributed by atoms with van der Waals surface area (Å²) in [7, 11) is 2.05. The predicted molar refractivity (Wildman–Crippen MR) is 206 cm³/mol. The van der Waals surface area contributed by atoms with Crippen molar-refractivity contribution in [2.45, 2.75) is 103 Å². The Morgan fingerprint density at radius 3 is 2.33 bits per heavy atom. The van der Waals surface area contributed by atoms with Gasteiger partial charge in [-0.2, -0.15) is 9.97 Å². The first kappa shape index (κ1) is 38.2. The molecule has 4 aromatic rings. The number of likely N-dealkylation sites (N-methyl/N-ethyl adjacent to an activating group) is 1. The third kappa shape index (κ3) is 7.46. The fourth-order valence-electron chi connectivity index (χ4n) is 7.57. The van der Waals surface area contributed by atoms with E-state index in [0.717, 1.165) is 43.6 Å². The molecule has 3 aliphatic rings. The SMILES string of the molecule is CN1CCCC1(C)COc1nc(N2C3CCC2CN(C(=O)OC(C)(C)C)C3)c2cc(Cl)c(-c3ccc(F)c4sc(NC(=O)OC(C)(C)C)nc34)c(F)c2n1. The number of halogens is 3. The summed E-state index contributed by atoms with van der Waals surface area (Å²) in [6.07, 6.45) is 2.40. The van der Waals surface area contributed by atoms with Crippen LogP contribution >= 0.6 is 22.9 Å². The standard InChI is InChI=1S/C38H46ClF2N7O5S/c1-36(2,3)52-34(49)45-33-43-29-22(12-13-25(40)30(29)54-33)26-24(39)16-23-28(27(26)41)42-32(51-19-38(7)14-9-15-46(38)8)44-31(23)48-20-10-11-21(48)18-47(17-20)35(50)53-37(4,5)6/h12-13,16,20-21H,9-11,14-15,17-19H2,1-8H3,(H,43,45,49). The first-order valence-corrected chi connectivity index (χ1v) is 19.4. The van der Waals surface area contributed by atoms with E-state index in [4.69, 9.17) is 30.8 Å². The van der Waals surface area contributed by atoms with E-state index >= 15 is 8.78 Å². The van der Waals surface area contributed by atoms with Crippen LogP contribution in [0.3, 0.4) is 0 Å². The smallest absolute Gasteiger partial charge is 0.413 e. The number of amides is 2. The van der Waals surface area contributed by atoms with Gasteiger partial charge < -0.3 is 24.0 Å². The third-order valence-electron chi connectivity index (χ3n) is 10.2. The molecule has 3 atom stereocenters. The molecule has 3 fully saturated rings. The molecule has 7 rings (SSSR count). The first-order chi connectivity index (χ1) is 25.3. The highest BCUT2D eigenvalue weighted by Crippen LogP contribution is 2.45. The van der Waals surface area contributed by atoms with Gasteiger partial charge in [0.15, 0.2) is 10.9 Å². The highest BCUT2D eigenvalue weighted by Gasteiger charge is 2.44. The molecule has 290 valence electrons. The lowest BCUT2D eigenvalue weighted by atomic mass is 10.0. The summed E-state index contributed by atoms with van der Waals surface area (Å²) in [5, 5.41) is 3.06. The molecule has 0 aliphatic carbocycles. The van der Waals surface area contributed by atoms with Gasteiger partial charge in [-0.05, 0) is 106 Å². The average molecular weight is 786 g/mol. The number of hydrogen-bond acceptors (Lipinski definition) is 11. The number of hydrogen-bond donors (Lipinski definition) is 1. The predicted octanol–water partition coefficient (Wildman–Crippen LogP) is 8.64. The maximum absolute atomic E-state index is 17.3. The van der Waals surface area contributed by atoms with Gasteiger partial charge in [0.25, 0.3) is 0 Å². The van der Waals surface area contributed by atoms with E-state index in [0.29, 0.717) is 30.9 Å². The highest BCUT2D eigenvalue weighted by atomic mass is 35.5. The molecule has 54 heavy (non-hydrogen) atoms. The summed E-state index contributed by atoms with van der Waals surface area (Å²) in [4.78, 5) is 45.8. The molecule has 2 amide bonds. The van der Waals surface area contributed by atoms with Crippen LogP contribution in [0.1, 0.15) is 74.1 Å². The lowest BCUT2D eigenvalue weighted by Crippen LogP contribution is -2.56. The lowest BCUT2D eigenvalue weighted by molar-refractivity contribution is 0.0209. The molecule has 12 nitrogen and oxygen atoms in total. The number of nitrogens with one attached hydrogen (secondary N) is 1. The van der Waals surface area contributed by atoms with Crippen molar-refractivity contribution in [3.05, 3.63) is 34.9 Å². The van der Waals surface area contributed by atoms with Crippen LogP contribution in [0.2, 0.25) is 5.02 Å². The molecule has 2 aromatic carbocycles. The Kier molecular flexibility index (Phi) is 9.83.